The monoisotopic (exact) mass is 481 g/mol. The van der Waals surface area contributed by atoms with Crippen LogP contribution >= 0.6 is 0 Å². The summed E-state index contributed by atoms with van der Waals surface area (Å²) in [6.45, 7) is 3.01. The van der Waals surface area contributed by atoms with Crippen LogP contribution in [0.4, 0.5) is 0 Å². The van der Waals surface area contributed by atoms with Crippen LogP contribution in [-0.4, -0.2) is 19.9 Å². The zero-order chi connectivity index (χ0) is 24.7. The molecule has 5 aromatic rings. The highest BCUT2D eigenvalue weighted by Gasteiger charge is 2.13. The number of aromatic nitrogens is 3. The first kappa shape index (κ1) is 23.4. The maximum atomic E-state index is 9.71. The molecule has 182 valence electrons. The van der Waals surface area contributed by atoms with Crippen LogP contribution in [0.3, 0.4) is 0 Å². The van der Waals surface area contributed by atoms with Crippen LogP contribution in [0.25, 0.3) is 11.5 Å². The van der Waals surface area contributed by atoms with Crippen molar-refractivity contribution in [2.75, 3.05) is 0 Å². The van der Waals surface area contributed by atoms with Crippen molar-refractivity contribution in [2.45, 2.75) is 33.3 Å². The van der Waals surface area contributed by atoms with E-state index in [9.17, 15) is 5.11 Å². The number of benzene rings is 3. The Morgan fingerprint density at radius 2 is 1.56 bits per heavy atom. The Balaban J connectivity index is 1.17. The van der Waals surface area contributed by atoms with Crippen molar-refractivity contribution in [1.29, 1.82) is 0 Å². The molecule has 0 bridgehead atoms. The standard InChI is InChI=1S/C29H27N3O4/c1-21-27(30-28(36-21)24-10-6-3-7-11-24)20-34-26-14-12-23(13-15-26)19-35-29-25(18-33)17-32(31-29)16-22-8-4-2-5-9-22/h2-15,17,33H,16,18-20H2,1H3. The van der Waals surface area contributed by atoms with Crippen molar-refractivity contribution < 1.29 is 19.0 Å². The molecule has 0 aliphatic carbocycles. The molecule has 7 nitrogen and oxygen atoms in total. The van der Waals surface area contributed by atoms with Crippen LogP contribution in [0, 0.1) is 6.92 Å². The van der Waals surface area contributed by atoms with Crippen molar-refractivity contribution >= 4 is 0 Å². The third-order valence-corrected chi connectivity index (χ3v) is 5.74. The van der Waals surface area contributed by atoms with Gasteiger partial charge in [-0.05, 0) is 42.3 Å². The van der Waals surface area contributed by atoms with Gasteiger partial charge in [0.1, 0.15) is 30.4 Å². The molecule has 0 radical (unpaired) electrons. The maximum absolute atomic E-state index is 9.71. The second-order valence-electron chi connectivity index (χ2n) is 8.41. The first-order valence-corrected chi connectivity index (χ1v) is 11.8. The minimum Gasteiger partial charge on any atom is -0.487 e. The minimum atomic E-state index is -0.135. The fraction of sp³-hybridized carbons (Fsp3) is 0.172. The summed E-state index contributed by atoms with van der Waals surface area (Å²) in [5, 5.41) is 14.2. The van der Waals surface area contributed by atoms with Gasteiger partial charge in [0.25, 0.3) is 0 Å². The fourth-order valence-corrected chi connectivity index (χ4v) is 3.78. The summed E-state index contributed by atoms with van der Waals surface area (Å²) < 4.78 is 19.4. The Morgan fingerprint density at radius 3 is 2.28 bits per heavy atom. The Bertz CT molecular complexity index is 1390. The van der Waals surface area contributed by atoms with E-state index in [2.05, 4.69) is 10.1 Å². The van der Waals surface area contributed by atoms with E-state index >= 15 is 0 Å². The molecule has 1 N–H and O–H groups in total. The van der Waals surface area contributed by atoms with E-state index in [0.29, 0.717) is 37.1 Å². The van der Waals surface area contributed by atoms with Gasteiger partial charge in [-0.2, -0.15) is 0 Å². The molecule has 0 spiro atoms. The SMILES string of the molecule is Cc1oc(-c2ccccc2)nc1COc1ccc(COc2nn(Cc3ccccc3)cc2CO)cc1. The van der Waals surface area contributed by atoms with Gasteiger partial charge in [0, 0.05) is 11.8 Å². The minimum absolute atomic E-state index is 0.135. The Kier molecular flexibility index (Phi) is 7.10. The second kappa shape index (κ2) is 10.9. The van der Waals surface area contributed by atoms with E-state index in [-0.39, 0.29) is 6.61 Å². The molecule has 7 heteroatoms. The lowest BCUT2D eigenvalue weighted by Crippen LogP contribution is -2.02. The van der Waals surface area contributed by atoms with Crippen LogP contribution in [-0.2, 0) is 26.4 Å². The molecule has 0 saturated heterocycles. The highest BCUT2D eigenvalue weighted by Crippen LogP contribution is 2.23. The largest absolute Gasteiger partial charge is 0.487 e. The smallest absolute Gasteiger partial charge is 0.238 e. The van der Waals surface area contributed by atoms with E-state index in [1.807, 2.05) is 98.0 Å². The fourth-order valence-electron chi connectivity index (χ4n) is 3.78. The topological polar surface area (TPSA) is 82.5 Å². The quantitative estimate of drug-likeness (QED) is 0.282. The number of hydrogen-bond acceptors (Lipinski definition) is 6. The Morgan fingerprint density at radius 1 is 0.833 bits per heavy atom. The normalized spacial score (nSPS) is 10.9. The lowest BCUT2D eigenvalue weighted by atomic mass is 10.2. The number of hydrogen-bond donors (Lipinski definition) is 1. The summed E-state index contributed by atoms with van der Waals surface area (Å²) in [6, 6.07) is 27.5. The number of rotatable bonds is 10. The van der Waals surface area contributed by atoms with Gasteiger partial charge < -0.3 is 19.0 Å². The molecule has 0 fully saturated rings. The molecular formula is C29H27N3O4. The number of aliphatic hydroxyl groups excluding tert-OH is 1. The summed E-state index contributed by atoms with van der Waals surface area (Å²) in [5.74, 6) is 2.49. The van der Waals surface area contributed by atoms with E-state index in [4.69, 9.17) is 13.9 Å². The van der Waals surface area contributed by atoms with Crippen molar-refractivity contribution in [3.05, 3.63) is 119 Å². The maximum Gasteiger partial charge on any atom is 0.238 e. The number of aliphatic hydroxyl groups is 1. The third-order valence-electron chi connectivity index (χ3n) is 5.74. The second-order valence-corrected chi connectivity index (χ2v) is 8.41. The first-order valence-electron chi connectivity index (χ1n) is 11.8. The summed E-state index contributed by atoms with van der Waals surface area (Å²) in [5.41, 5.74) is 4.45. The lowest BCUT2D eigenvalue weighted by Gasteiger charge is -2.07. The molecule has 0 atom stereocenters. The average molecular weight is 482 g/mol. The molecule has 0 aliphatic rings. The summed E-state index contributed by atoms with van der Waals surface area (Å²) in [4.78, 5) is 4.58. The van der Waals surface area contributed by atoms with Gasteiger partial charge in [0.15, 0.2) is 0 Å². The zero-order valence-corrected chi connectivity index (χ0v) is 20.0. The van der Waals surface area contributed by atoms with Gasteiger partial charge in [-0.1, -0.05) is 60.7 Å². The number of oxazole rings is 1. The van der Waals surface area contributed by atoms with Gasteiger partial charge in [0.2, 0.25) is 11.8 Å². The molecule has 2 aromatic heterocycles. The molecule has 2 heterocycles. The lowest BCUT2D eigenvalue weighted by molar-refractivity contribution is 0.254. The van der Waals surface area contributed by atoms with Crippen LogP contribution in [0.2, 0.25) is 0 Å². The van der Waals surface area contributed by atoms with Gasteiger partial charge in [-0.3, -0.25) is 4.68 Å². The van der Waals surface area contributed by atoms with Gasteiger partial charge in [-0.15, -0.1) is 5.10 Å². The molecular weight excluding hydrogens is 454 g/mol. The molecule has 0 saturated carbocycles. The van der Waals surface area contributed by atoms with E-state index in [0.717, 1.165) is 33.9 Å². The molecule has 3 aromatic carbocycles. The highest BCUT2D eigenvalue weighted by molar-refractivity contribution is 5.53. The molecule has 36 heavy (non-hydrogen) atoms. The summed E-state index contributed by atoms with van der Waals surface area (Å²) in [7, 11) is 0. The first-order chi connectivity index (χ1) is 17.7. The van der Waals surface area contributed by atoms with E-state index in [1.54, 1.807) is 4.68 Å². The number of nitrogens with zero attached hydrogens (tertiary/aromatic N) is 3. The van der Waals surface area contributed by atoms with Gasteiger partial charge in [-0.25, -0.2) is 4.98 Å². The number of ether oxygens (including phenoxy) is 2. The highest BCUT2D eigenvalue weighted by atomic mass is 16.5. The average Bonchev–Trinajstić information content (AvgIpc) is 3.50. The molecule has 0 aliphatic heterocycles. The molecule has 0 amide bonds. The third kappa shape index (κ3) is 5.64. The zero-order valence-electron chi connectivity index (χ0n) is 20.0. The Hall–Kier alpha value is -4.36. The van der Waals surface area contributed by atoms with Crippen molar-refractivity contribution in [3.8, 4) is 23.1 Å². The van der Waals surface area contributed by atoms with Crippen LogP contribution in [0.15, 0.2) is 95.5 Å². The summed E-state index contributed by atoms with van der Waals surface area (Å²) in [6.07, 6.45) is 1.81. The Labute approximate surface area is 209 Å². The van der Waals surface area contributed by atoms with Crippen molar-refractivity contribution in [2.24, 2.45) is 0 Å². The van der Waals surface area contributed by atoms with Crippen LogP contribution in [0.5, 0.6) is 11.6 Å². The van der Waals surface area contributed by atoms with Crippen molar-refractivity contribution in [3.63, 3.8) is 0 Å². The molecule has 5 rings (SSSR count). The molecule has 0 unspecified atom stereocenters. The van der Waals surface area contributed by atoms with E-state index < -0.39 is 0 Å². The van der Waals surface area contributed by atoms with Crippen LogP contribution in [0.1, 0.15) is 28.1 Å². The summed E-state index contributed by atoms with van der Waals surface area (Å²) >= 11 is 0. The van der Waals surface area contributed by atoms with Gasteiger partial charge in [0.05, 0.1) is 18.7 Å². The van der Waals surface area contributed by atoms with Gasteiger partial charge >= 0.3 is 0 Å². The predicted molar refractivity (Wildman–Crippen MR) is 135 cm³/mol. The van der Waals surface area contributed by atoms with Crippen LogP contribution < -0.4 is 9.47 Å². The predicted octanol–water partition coefficient (Wildman–Crippen LogP) is 5.55. The number of aryl methyl sites for hydroxylation is 1. The van der Waals surface area contributed by atoms with E-state index in [1.165, 1.54) is 0 Å². The van der Waals surface area contributed by atoms with Crippen molar-refractivity contribution in [1.82, 2.24) is 14.8 Å².